The quantitative estimate of drug-likeness (QED) is 0.891. The van der Waals surface area contributed by atoms with Crippen molar-refractivity contribution in [3.8, 4) is 5.75 Å². The molecule has 0 atom stereocenters. The van der Waals surface area contributed by atoms with E-state index in [4.69, 9.17) is 21.4 Å². The van der Waals surface area contributed by atoms with Gasteiger partial charge in [-0.05, 0) is 35.0 Å². The van der Waals surface area contributed by atoms with Crippen LogP contribution >= 0.6 is 11.6 Å². The number of hydrogen-bond acceptors (Lipinski definition) is 2. The molecule has 16 heavy (non-hydrogen) atoms. The number of aliphatic carboxylic acids is 1. The fourth-order valence-corrected chi connectivity index (χ4v) is 1.61. The molecule has 0 aliphatic heterocycles. The van der Waals surface area contributed by atoms with E-state index in [2.05, 4.69) is 0 Å². The summed E-state index contributed by atoms with van der Waals surface area (Å²) in [7, 11) is 0. The highest BCUT2D eigenvalue weighted by Gasteiger charge is 2.01. The van der Waals surface area contributed by atoms with Gasteiger partial charge in [-0.2, -0.15) is 0 Å². The zero-order valence-corrected chi connectivity index (χ0v) is 9.07. The van der Waals surface area contributed by atoms with Gasteiger partial charge in [-0.3, -0.25) is 0 Å². The highest BCUT2D eigenvalue weighted by molar-refractivity contribution is 6.31. The minimum atomic E-state index is -0.990. The lowest BCUT2D eigenvalue weighted by Gasteiger charge is -2.04. The third kappa shape index (κ3) is 2.44. The van der Waals surface area contributed by atoms with E-state index >= 15 is 0 Å². The molecule has 0 fully saturated rings. The van der Waals surface area contributed by atoms with Gasteiger partial charge in [-0.1, -0.05) is 23.7 Å². The van der Waals surface area contributed by atoms with Crippen LogP contribution in [0.25, 0.3) is 10.8 Å². The van der Waals surface area contributed by atoms with Crippen molar-refractivity contribution in [2.75, 3.05) is 6.61 Å². The van der Waals surface area contributed by atoms with Crippen LogP contribution in [0.1, 0.15) is 0 Å². The first-order valence-electron chi connectivity index (χ1n) is 4.69. The summed E-state index contributed by atoms with van der Waals surface area (Å²) in [6.07, 6.45) is 0. The molecule has 0 unspecified atom stereocenters. The second kappa shape index (κ2) is 4.41. The van der Waals surface area contributed by atoms with Gasteiger partial charge in [-0.25, -0.2) is 4.79 Å². The minimum Gasteiger partial charge on any atom is -0.482 e. The van der Waals surface area contributed by atoms with Crippen LogP contribution in [-0.2, 0) is 4.79 Å². The predicted molar refractivity (Wildman–Crippen MR) is 62.1 cm³/mol. The molecule has 0 aliphatic rings. The van der Waals surface area contributed by atoms with E-state index in [-0.39, 0.29) is 6.61 Å². The smallest absolute Gasteiger partial charge is 0.341 e. The molecule has 0 bridgehead atoms. The highest BCUT2D eigenvalue weighted by Crippen LogP contribution is 2.23. The van der Waals surface area contributed by atoms with Crippen molar-refractivity contribution in [2.24, 2.45) is 0 Å². The summed E-state index contributed by atoms with van der Waals surface area (Å²) in [5, 5.41) is 11.1. The summed E-state index contributed by atoms with van der Waals surface area (Å²) in [5.74, 6) is -0.451. The summed E-state index contributed by atoms with van der Waals surface area (Å²) in [5.41, 5.74) is 0. The first-order valence-corrected chi connectivity index (χ1v) is 5.07. The number of ether oxygens (including phenoxy) is 1. The summed E-state index contributed by atoms with van der Waals surface area (Å²) in [6.45, 7) is -0.334. The van der Waals surface area contributed by atoms with Crippen molar-refractivity contribution in [1.82, 2.24) is 0 Å². The van der Waals surface area contributed by atoms with E-state index in [1.54, 1.807) is 18.2 Å². The maximum Gasteiger partial charge on any atom is 0.341 e. The number of fused-ring (bicyclic) bond motifs is 1. The molecule has 2 rings (SSSR count). The molecule has 82 valence electrons. The average Bonchev–Trinajstić information content (AvgIpc) is 2.26. The number of rotatable bonds is 3. The van der Waals surface area contributed by atoms with Crippen molar-refractivity contribution in [2.45, 2.75) is 0 Å². The number of carboxylic acids is 1. The van der Waals surface area contributed by atoms with Crippen molar-refractivity contribution in [1.29, 1.82) is 0 Å². The molecule has 0 saturated carbocycles. The van der Waals surface area contributed by atoms with Gasteiger partial charge in [0.1, 0.15) is 5.75 Å². The Morgan fingerprint density at radius 1 is 1.19 bits per heavy atom. The van der Waals surface area contributed by atoms with Crippen molar-refractivity contribution in [3.05, 3.63) is 41.4 Å². The van der Waals surface area contributed by atoms with Gasteiger partial charge < -0.3 is 9.84 Å². The second-order valence-electron chi connectivity index (χ2n) is 3.34. The van der Waals surface area contributed by atoms with Crippen LogP contribution < -0.4 is 4.74 Å². The summed E-state index contributed by atoms with van der Waals surface area (Å²) < 4.78 is 5.07. The second-order valence-corrected chi connectivity index (χ2v) is 3.77. The average molecular weight is 237 g/mol. The van der Waals surface area contributed by atoms with Crippen LogP contribution in [0.3, 0.4) is 0 Å². The van der Waals surface area contributed by atoms with Gasteiger partial charge in [0.15, 0.2) is 6.61 Å². The normalized spacial score (nSPS) is 10.3. The number of carbonyl (C=O) groups is 1. The minimum absolute atomic E-state index is 0.334. The number of carboxylic acid groups (broad SMARTS) is 1. The van der Waals surface area contributed by atoms with Gasteiger partial charge in [0.2, 0.25) is 0 Å². The molecule has 2 aromatic carbocycles. The largest absolute Gasteiger partial charge is 0.482 e. The predicted octanol–water partition coefficient (Wildman–Crippen LogP) is 2.96. The molecule has 0 amide bonds. The lowest BCUT2D eigenvalue weighted by atomic mass is 10.1. The molecule has 0 heterocycles. The van der Waals surface area contributed by atoms with E-state index in [0.29, 0.717) is 10.8 Å². The highest BCUT2D eigenvalue weighted by atomic mass is 35.5. The Morgan fingerprint density at radius 3 is 2.62 bits per heavy atom. The Balaban J connectivity index is 2.30. The fraction of sp³-hybridized carbons (Fsp3) is 0.0833. The summed E-state index contributed by atoms with van der Waals surface area (Å²) >= 11 is 5.85. The Kier molecular flexibility index (Phi) is 2.97. The standard InChI is InChI=1S/C12H9ClO3/c13-10-3-1-9-6-11(16-7-12(14)15)4-2-8(9)5-10/h1-6H,7H2,(H,14,15). The molecule has 2 aromatic rings. The molecular weight excluding hydrogens is 228 g/mol. The third-order valence-electron chi connectivity index (χ3n) is 2.14. The van der Waals surface area contributed by atoms with Gasteiger partial charge in [0.25, 0.3) is 0 Å². The molecular formula is C12H9ClO3. The lowest BCUT2D eigenvalue weighted by molar-refractivity contribution is -0.139. The van der Waals surface area contributed by atoms with E-state index in [1.807, 2.05) is 18.2 Å². The molecule has 1 N–H and O–H groups in total. The third-order valence-corrected chi connectivity index (χ3v) is 2.37. The van der Waals surface area contributed by atoms with E-state index in [9.17, 15) is 4.79 Å². The lowest BCUT2D eigenvalue weighted by Crippen LogP contribution is -2.09. The van der Waals surface area contributed by atoms with Crippen LogP contribution in [0.2, 0.25) is 5.02 Å². The van der Waals surface area contributed by atoms with Gasteiger partial charge in [0.05, 0.1) is 0 Å². The molecule has 3 nitrogen and oxygen atoms in total. The maximum atomic E-state index is 10.3. The van der Waals surface area contributed by atoms with E-state index < -0.39 is 5.97 Å². The summed E-state index contributed by atoms with van der Waals surface area (Å²) in [6, 6.07) is 10.8. The maximum absolute atomic E-state index is 10.3. The first-order chi connectivity index (χ1) is 7.65. The first kappa shape index (κ1) is 10.8. The zero-order valence-electron chi connectivity index (χ0n) is 8.31. The molecule has 0 aromatic heterocycles. The van der Waals surface area contributed by atoms with Crippen LogP contribution in [0.15, 0.2) is 36.4 Å². The van der Waals surface area contributed by atoms with Crippen LogP contribution in [0.4, 0.5) is 0 Å². The van der Waals surface area contributed by atoms with Crippen molar-refractivity contribution < 1.29 is 14.6 Å². The van der Waals surface area contributed by atoms with E-state index in [1.165, 1.54) is 0 Å². The Morgan fingerprint density at radius 2 is 1.88 bits per heavy atom. The number of halogens is 1. The topological polar surface area (TPSA) is 46.5 Å². The molecule has 4 heteroatoms. The molecule has 0 saturated heterocycles. The molecule has 0 radical (unpaired) electrons. The Hall–Kier alpha value is -1.74. The van der Waals surface area contributed by atoms with E-state index in [0.717, 1.165) is 10.8 Å². The number of hydrogen-bond donors (Lipinski definition) is 1. The Labute approximate surface area is 97.2 Å². The molecule has 0 aliphatic carbocycles. The van der Waals surface area contributed by atoms with Crippen molar-refractivity contribution in [3.63, 3.8) is 0 Å². The van der Waals surface area contributed by atoms with Crippen LogP contribution in [0.5, 0.6) is 5.75 Å². The molecule has 0 spiro atoms. The monoisotopic (exact) mass is 236 g/mol. The van der Waals surface area contributed by atoms with Crippen LogP contribution in [-0.4, -0.2) is 17.7 Å². The SMILES string of the molecule is O=C(O)COc1ccc2cc(Cl)ccc2c1. The van der Waals surface area contributed by atoms with Gasteiger partial charge in [-0.15, -0.1) is 0 Å². The van der Waals surface area contributed by atoms with Gasteiger partial charge in [0, 0.05) is 5.02 Å². The van der Waals surface area contributed by atoms with Gasteiger partial charge >= 0.3 is 5.97 Å². The van der Waals surface area contributed by atoms with Crippen molar-refractivity contribution >= 4 is 28.3 Å². The fourth-order valence-electron chi connectivity index (χ4n) is 1.43. The zero-order chi connectivity index (χ0) is 11.5. The Bertz CT molecular complexity index is 537. The number of benzene rings is 2. The summed E-state index contributed by atoms with van der Waals surface area (Å²) in [4.78, 5) is 10.3. The van der Waals surface area contributed by atoms with Crippen LogP contribution in [0, 0.1) is 0 Å².